The van der Waals surface area contributed by atoms with E-state index in [0.29, 0.717) is 0 Å². The lowest BCUT2D eigenvalue weighted by molar-refractivity contribution is 0.0910. The molecule has 0 aromatic heterocycles. The van der Waals surface area contributed by atoms with Crippen molar-refractivity contribution in [2.75, 3.05) is 0 Å². The summed E-state index contributed by atoms with van der Waals surface area (Å²) >= 11 is 9.02. The Hall–Kier alpha value is -0.610. The van der Waals surface area contributed by atoms with Crippen LogP contribution in [0.25, 0.3) is 0 Å². The van der Waals surface area contributed by atoms with E-state index in [4.69, 9.17) is 11.6 Å². The fourth-order valence-electron chi connectivity index (χ4n) is 1.13. The topological polar surface area (TPSA) is 29.1 Å². The first-order chi connectivity index (χ1) is 7.74. The molecule has 1 aromatic carbocycles. The first-order valence-electron chi connectivity index (χ1n) is 5.15. The molecule has 1 unspecified atom stereocenters. The summed E-state index contributed by atoms with van der Waals surface area (Å²) in [6.45, 7) is 5.63. The maximum Gasteiger partial charge on any atom is 0.254 e. The standard InChI is InChI=1S/C12H14BrClFNO/c1-7(13)12(2,3)16-11(17)9-5-4-8(14)6-10(9)15/h4-7H,1-3H3,(H,16,17). The number of nitrogens with one attached hydrogen (secondary N) is 1. The number of carbonyl (C=O) groups is 1. The molecule has 0 saturated heterocycles. The van der Waals surface area contributed by atoms with Crippen LogP contribution in [0, 0.1) is 5.82 Å². The molecule has 0 radical (unpaired) electrons. The first-order valence-corrected chi connectivity index (χ1v) is 6.45. The molecule has 1 amide bonds. The largest absolute Gasteiger partial charge is 0.346 e. The van der Waals surface area contributed by atoms with Gasteiger partial charge in [0.25, 0.3) is 5.91 Å². The molecule has 0 fully saturated rings. The van der Waals surface area contributed by atoms with Crippen molar-refractivity contribution in [3.05, 3.63) is 34.6 Å². The van der Waals surface area contributed by atoms with E-state index in [2.05, 4.69) is 21.2 Å². The minimum absolute atomic E-state index is 0.00405. The molecule has 94 valence electrons. The van der Waals surface area contributed by atoms with E-state index in [1.807, 2.05) is 20.8 Å². The van der Waals surface area contributed by atoms with Crippen molar-refractivity contribution < 1.29 is 9.18 Å². The minimum atomic E-state index is -0.618. The molecule has 1 aromatic rings. The van der Waals surface area contributed by atoms with Crippen LogP contribution >= 0.6 is 27.5 Å². The third-order valence-electron chi connectivity index (χ3n) is 2.61. The number of amides is 1. The molecule has 0 aliphatic carbocycles. The van der Waals surface area contributed by atoms with Gasteiger partial charge in [-0.15, -0.1) is 0 Å². The lowest BCUT2D eigenvalue weighted by atomic mass is 10.0. The summed E-state index contributed by atoms with van der Waals surface area (Å²) in [6, 6.07) is 3.99. The van der Waals surface area contributed by atoms with Crippen LogP contribution in [0.5, 0.6) is 0 Å². The number of rotatable bonds is 3. The Morgan fingerprint density at radius 3 is 2.59 bits per heavy atom. The van der Waals surface area contributed by atoms with Crippen LogP contribution in [0.1, 0.15) is 31.1 Å². The van der Waals surface area contributed by atoms with Gasteiger partial charge in [-0.1, -0.05) is 34.5 Å². The van der Waals surface area contributed by atoms with Crippen LogP contribution in [-0.4, -0.2) is 16.3 Å². The quantitative estimate of drug-likeness (QED) is 0.843. The Labute approximate surface area is 114 Å². The second-order valence-corrected chi connectivity index (χ2v) is 6.23. The Balaban J connectivity index is 2.91. The number of hydrogen-bond donors (Lipinski definition) is 1. The van der Waals surface area contributed by atoms with E-state index in [-0.39, 0.29) is 15.4 Å². The van der Waals surface area contributed by atoms with Crippen LogP contribution in [0.3, 0.4) is 0 Å². The van der Waals surface area contributed by atoms with Gasteiger partial charge < -0.3 is 5.32 Å². The Bertz CT molecular complexity index is 435. The van der Waals surface area contributed by atoms with Gasteiger partial charge in [0.05, 0.1) is 5.56 Å². The van der Waals surface area contributed by atoms with Gasteiger partial charge in [-0.25, -0.2) is 4.39 Å². The van der Waals surface area contributed by atoms with Crippen LogP contribution in [0.15, 0.2) is 18.2 Å². The van der Waals surface area contributed by atoms with Crippen molar-refractivity contribution >= 4 is 33.4 Å². The first kappa shape index (κ1) is 14.5. The minimum Gasteiger partial charge on any atom is -0.346 e. The van der Waals surface area contributed by atoms with Crippen LogP contribution in [0.2, 0.25) is 5.02 Å². The smallest absolute Gasteiger partial charge is 0.254 e. The van der Waals surface area contributed by atoms with E-state index in [1.165, 1.54) is 12.1 Å². The molecule has 17 heavy (non-hydrogen) atoms. The molecule has 2 nitrogen and oxygen atoms in total. The molecule has 0 spiro atoms. The fraction of sp³-hybridized carbons (Fsp3) is 0.417. The average molecular weight is 323 g/mol. The summed E-state index contributed by atoms with van der Waals surface area (Å²) < 4.78 is 13.5. The highest BCUT2D eigenvalue weighted by Gasteiger charge is 2.27. The number of alkyl halides is 1. The van der Waals surface area contributed by atoms with Crippen molar-refractivity contribution in [1.29, 1.82) is 0 Å². The predicted molar refractivity (Wildman–Crippen MR) is 71.3 cm³/mol. The summed E-state index contributed by atoms with van der Waals surface area (Å²) in [5.41, 5.74) is -0.473. The SMILES string of the molecule is CC(Br)C(C)(C)NC(=O)c1ccc(Cl)cc1F. The van der Waals surface area contributed by atoms with Crippen molar-refractivity contribution in [2.24, 2.45) is 0 Å². The molecule has 1 atom stereocenters. The lowest BCUT2D eigenvalue weighted by Crippen LogP contribution is -2.49. The fourth-order valence-corrected chi connectivity index (χ4v) is 1.41. The molecule has 0 bridgehead atoms. The van der Waals surface area contributed by atoms with E-state index >= 15 is 0 Å². The normalized spacial score (nSPS) is 13.3. The monoisotopic (exact) mass is 321 g/mol. The zero-order valence-electron chi connectivity index (χ0n) is 9.85. The van der Waals surface area contributed by atoms with Gasteiger partial charge in [0.15, 0.2) is 0 Å². The van der Waals surface area contributed by atoms with Crippen molar-refractivity contribution in [3.8, 4) is 0 Å². The Morgan fingerprint density at radius 1 is 1.53 bits per heavy atom. The molecule has 1 rings (SSSR count). The number of benzene rings is 1. The second-order valence-electron chi connectivity index (χ2n) is 4.42. The van der Waals surface area contributed by atoms with Gasteiger partial charge in [0.1, 0.15) is 5.82 Å². The molecule has 1 N–H and O–H groups in total. The summed E-state index contributed by atoms with van der Waals surface area (Å²) in [5.74, 6) is -1.07. The van der Waals surface area contributed by atoms with Gasteiger partial charge in [-0.2, -0.15) is 0 Å². The average Bonchev–Trinajstić information content (AvgIpc) is 2.15. The van der Waals surface area contributed by atoms with E-state index < -0.39 is 17.3 Å². The Kier molecular flexibility index (Phi) is 4.55. The number of hydrogen-bond acceptors (Lipinski definition) is 1. The molecule has 5 heteroatoms. The van der Waals surface area contributed by atoms with Crippen molar-refractivity contribution in [3.63, 3.8) is 0 Å². The maximum atomic E-state index is 13.5. The van der Waals surface area contributed by atoms with Crippen LogP contribution in [0.4, 0.5) is 4.39 Å². The van der Waals surface area contributed by atoms with Gasteiger partial charge in [-0.05, 0) is 32.0 Å². The van der Waals surface area contributed by atoms with Crippen LogP contribution in [-0.2, 0) is 0 Å². The van der Waals surface area contributed by atoms with Gasteiger partial charge in [0, 0.05) is 15.4 Å². The lowest BCUT2D eigenvalue weighted by Gasteiger charge is -2.29. The summed E-state index contributed by atoms with van der Waals surface area (Å²) in [6.07, 6.45) is 0. The van der Waals surface area contributed by atoms with Gasteiger partial charge >= 0.3 is 0 Å². The predicted octanol–water partition coefficient (Wildman–Crippen LogP) is 3.77. The van der Waals surface area contributed by atoms with E-state index in [1.54, 1.807) is 0 Å². The number of carbonyl (C=O) groups excluding carboxylic acids is 1. The highest BCUT2D eigenvalue weighted by Crippen LogP contribution is 2.19. The highest BCUT2D eigenvalue weighted by atomic mass is 79.9. The highest BCUT2D eigenvalue weighted by molar-refractivity contribution is 9.09. The van der Waals surface area contributed by atoms with Crippen LogP contribution < -0.4 is 5.32 Å². The van der Waals surface area contributed by atoms with Crippen molar-refractivity contribution in [1.82, 2.24) is 5.32 Å². The maximum absolute atomic E-state index is 13.5. The number of halogens is 3. The van der Waals surface area contributed by atoms with E-state index in [9.17, 15) is 9.18 Å². The zero-order chi connectivity index (χ0) is 13.2. The van der Waals surface area contributed by atoms with E-state index in [0.717, 1.165) is 6.07 Å². The summed E-state index contributed by atoms with van der Waals surface area (Å²) in [5, 5.41) is 3.03. The summed E-state index contributed by atoms with van der Waals surface area (Å²) in [4.78, 5) is 11.9. The third kappa shape index (κ3) is 3.68. The zero-order valence-corrected chi connectivity index (χ0v) is 12.2. The molecule has 0 saturated carbocycles. The molecule has 0 aliphatic rings. The van der Waals surface area contributed by atoms with Crippen molar-refractivity contribution in [2.45, 2.75) is 31.1 Å². The molecule has 0 heterocycles. The third-order valence-corrected chi connectivity index (χ3v) is 3.99. The second kappa shape index (κ2) is 5.36. The Morgan fingerprint density at radius 2 is 2.12 bits per heavy atom. The molecular weight excluding hydrogens is 308 g/mol. The summed E-state index contributed by atoms with van der Waals surface area (Å²) in [7, 11) is 0. The van der Waals surface area contributed by atoms with Gasteiger partial charge in [0.2, 0.25) is 0 Å². The molecule has 0 aliphatic heterocycles. The van der Waals surface area contributed by atoms with Gasteiger partial charge in [-0.3, -0.25) is 4.79 Å². The molecular formula is C12H14BrClFNO.